The summed E-state index contributed by atoms with van der Waals surface area (Å²) in [4.78, 5) is 20.6. The number of thiophene rings is 1. The van der Waals surface area contributed by atoms with Gasteiger partial charge >= 0.3 is 0 Å². The molecular formula is C22H25FN2OS2. The van der Waals surface area contributed by atoms with Crippen LogP contribution in [0.5, 0.6) is 0 Å². The zero-order valence-corrected chi connectivity index (χ0v) is 18.0. The van der Waals surface area contributed by atoms with Crippen LogP contribution in [0.25, 0.3) is 10.2 Å². The summed E-state index contributed by atoms with van der Waals surface area (Å²) in [5, 5.41) is 1.63. The number of aryl methyl sites for hydroxylation is 2. The third kappa shape index (κ3) is 4.03. The fraction of sp³-hybridized carbons (Fsp3) is 0.455. The smallest absolute Gasteiger partial charge is 0.263 e. The van der Waals surface area contributed by atoms with Crippen LogP contribution in [0.2, 0.25) is 0 Å². The molecule has 0 bridgehead atoms. The van der Waals surface area contributed by atoms with Gasteiger partial charge in [-0.25, -0.2) is 9.37 Å². The minimum Gasteiger partial charge on any atom is -0.287 e. The number of rotatable bonds is 6. The van der Waals surface area contributed by atoms with Crippen LogP contribution in [-0.2, 0) is 25.1 Å². The summed E-state index contributed by atoms with van der Waals surface area (Å²) >= 11 is 3.27. The molecule has 3 nitrogen and oxygen atoms in total. The van der Waals surface area contributed by atoms with Crippen molar-refractivity contribution < 1.29 is 4.39 Å². The number of nitrogens with zero attached hydrogens (tertiary/aromatic N) is 2. The van der Waals surface area contributed by atoms with Crippen LogP contribution < -0.4 is 5.56 Å². The average molecular weight is 417 g/mol. The first-order valence-electron chi connectivity index (χ1n) is 9.95. The topological polar surface area (TPSA) is 34.9 Å². The van der Waals surface area contributed by atoms with Gasteiger partial charge in [-0.2, -0.15) is 0 Å². The van der Waals surface area contributed by atoms with E-state index in [1.54, 1.807) is 35.2 Å². The molecule has 0 unspecified atom stereocenters. The molecule has 1 aliphatic carbocycles. The molecule has 0 saturated carbocycles. The monoisotopic (exact) mass is 416 g/mol. The molecule has 0 atom stereocenters. The number of thioether (sulfide) groups is 1. The average Bonchev–Trinajstić information content (AvgIpc) is 3.05. The van der Waals surface area contributed by atoms with Gasteiger partial charge in [0.1, 0.15) is 10.6 Å². The van der Waals surface area contributed by atoms with Gasteiger partial charge < -0.3 is 0 Å². The molecule has 0 N–H and O–H groups in total. The van der Waals surface area contributed by atoms with Crippen LogP contribution >= 0.6 is 23.1 Å². The van der Waals surface area contributed by atoms with E-state index in [2.05, 4.69) is 13.8 Å². The van der Waals surface area contributed by atoms with Gasteiger partial charge in [0.25, 0.3) is 5.56 Å². The van der Waals surface area contributed by atoms with Crippen molar-refractivity contribution in [2.24, 2.45) is 5.92 Å². The van der Waals surface area contributed by atoms with E-state index in [9.17, 15) is 9.18 Å². The molecule has 0 fully saturated rings. The molecule has 4 rings (SSSR count). The third-order valence-electron chi connectivity index (χ3n) is 5.25. The fourth-order valence-electron chi connectivity index (χ4n) is 3.64. The highest BCUT2D eigenvalue weighted by Gasteiger charge is 2.22. The molecule has 0 aliphatic heterocycles. The Hall–Kier alpha value is -1.66. The SMILES string of the molecule is CC(C)CCn1c(SCc2ccc(F)cc2)nc2sc3c(c2c1=O)CCCC3. The summed E-state index contributed by atoms with van der Waals surface area (Å²) < 4.78 is 15.0. The normalized spacial score (nSPS) is 14.0. The molecule has 1 aromatic carbocycles. The molecule has 0 amide bonds. The number of benzene rings is 1. The van der Waals surface area contributed by atoms with Crippen molar-refractivity contribution in [2.75, 3.05) is 0 Å². The van der Waals surface area contributed by atoms with E-state index in [0.29, 0.717) is 18.2 Å². The molecule has 0 spiro atoms. The number of fused-ring (bicyclic) bond motifs is 3. The Kier molecular flexibility index (Phi) is 5.88. The van der Waals surface area contributed by atoms with E-state index in [4.69, 9.17) is 4.98 Å². The van der Waals surface area contributed by atoms with Crippen molar-refractivity contribution in [1.82, 2.24) is 9.55 Å². The van der Waals surface area contributed by atoms with Crippen LogP contribution in [0.1, 0.15) is 49.1 Å². The summed E-state index contributed by atoms with van der Waals surface area (Å²) in [6.45, 7) is 5.04. The largest absolute Gasteiger partial charge is 0.287 e. The van der Waals surface area contributed by atoms with Crippen LogP contribution in [0.4, 0.5) is 4.39 Å². The Morgan fingerprint density at radius 1 is 1.21 bits per heavy atom. The van der Waals surface area contributed by atoms with E-state index >= 15 is 0 Å². The molecule has 2 aromatic heterocycles. The van der Waals surface area contributed by atoms with Crippen LogP contribution in [0.3, 0.4) is 0 Å². The van der Waals surface area contributed by atoms with E-state index < -0.39 is 0 Å². The van der Waals surface area contributed by atoms with Gasteiger partial charge in [0.15, 0.2) is 5.16 Å². The molecule has 6 heteroatoms. The molecular weight excluding hydrogens is 391 g/mol. The highest BCUT2D eigenvalue weighted by molar-refractivity contribution is 7.98. The second-order valence-electron chi connectivity index (χ2n) is 7.84. The summed E-state index contributed by atoms with van der Waals surface area (Å²) in [6, 6.07) is 6.54. The lowest BCUT2D eigenvalue weighted by Gasteiger charge is -2.14. The minimum absolute atomic E-state index is 0.117. The maximum Gasteiger partial charge on any atom is 0.263 e. The van der Waals surface area contributed by atoms with E-state index in [1.165, 1.54) is 29.0 Å². The van der Waals surface area contributed by atoms with Crippen molar-refractivity contribution in [3.8, 4) is 0 Å². The maximum absolute atomic E-state index is 13.4. The van der Waals surface area contributed by atoms with Gasteiger partial charge in [-0.1, -0.05) is 37.7 Å². The summed E-state index contributed by atoms with van der Waals surface area (Å²) in [5.74, 6) is 0.964. The van der Waals surface area contributed by atoms with Crippen molar-refractivity contribution in [3.05, 3.63) is 56.4 Å². The quantitative estimate of drug-likeness (QED) is 0.375. The van der Waals surface area contributed by atoms with E-state index in [-0.39, 0.29) is 11.4 Å². The third-order valence-corrected chi connectivity index (χ3v) is 7.48. The second-order valence-corrected chi connectivity index (χ2v) is 9.87. The van der Waals surface area contributed by atoms with Crippen LogP contribution in [0.15, 0.2) is 34.2 Å². The van der Waals surface area contributed by atoms with Gasteiger partial charge in [0.2, 0.25) is 0 Å². The number of hydrogen-bond donors (Lipinski definition) is 0. The Labute approximate surface area is 173 Å². The van der Waals surface area contributed by atoms with E-state index in [0.717, 1.165) is 46.6 Å². The van der Waals surface area contributed by atoms with Gasteiger partial charge in [-0.3, -0.25) is 9.36 Å². The lowest BCUT2D eigenvalue weighted by molar-refractivity contribution is 0.481. The Morgan fingerprint density at radius 3 is 2.71 bits per heavy atom. The summed E-state index contributed by atoms with van der Waals surface area (Å²) in [6.07, 6.45) is 5.38. The zero-order valence-electron chi connectivity index (χ0n) is 16.3. The predicted molar refractivity (Wildman–Crippen MR) is 116 cm³/mol. The molecule has 28 heavy (non-hydrogen) atoms. The second kappa shape index (κ2) is 8.37. The van der Waals surface area contributed by atoms with Gasteiger partial charge in [0.05, 0.1) is 5.39 Å². The van der Waals surface area contributed by atoms with Crippen molar-refractivity contribution in [1.29, 1.82) is 0 Å². The number of hydrogen-bond acceptors (Lipinski definition) is 4. The summed E-state index contributed by atoms with van der Waals surface area (Å²) in [5.41, 5.74) is 2.39. The minimum atomic E-state index is -0.230. The number of halogens is 1. The summed E-state index contributed by atoms with van der Waals surface area (Å²) in [7, 11) is 0. The number of aromatic nitrogens is 2. The highest BCUT2D eigenvalue weighted by Crippen LogP contribution is 2.35. The predicted octanol–water partition coefficient (Wildman–Crippen LogP) is 5.81. The first-order valence-corrected chi connectivity index (χ1v) is 11.8. The first kappa shape index (κ1) is 19.6. The highest BCUT2D eigenvalue weighted by atomic mass is 32.2. The van der Waals surface area contributed by atoms with Crippen LogP contribution in [-0.4, -0.2) is 9.55 Å². The van der Waals surface area contributed by atoms with Gasteiger partial charge in [0, 0.05) is 17.2 Å². The van der Waals surface area contributed by atoms with Crippen molar-refractivity contribution >= 4 is 33.3 Å². The fourth-order valence-corrected chi connectivity index (χ4v) is 5.93. The Balaban J connectivity index is 1.73. The molecule has 0 saturated heterocycles. The Bertz CT molecular complexity index is 1040. The lowest BCUT2D eigenvalue weighted by atomic mass is 9.97. The van der Waals surface area contributed by atoms with Gasteiger partial charge in [-0.05, 0) is 61.3 Å². The molecule has 1 aliphatic rings. The molecule has 0 radical (unpaired) electrons. The standard InChI is InChI=1S/C22H25FN2OS2/c1-14(2)11-12-25-21(26)19-17-5-3-4-6-18(17)28-20(19)24-22(25)27-13-15-7-9-16(23)10-8-15/h7-10,14H,3-6,11-13H2,1-2H3. The molecule has 3 aromatic rings. The first-order chi connectivity index (χ1) is 13.5. The molecule has 148 valence electrons. The van der Waals surface area contributed by atoms with Gasteiger partial charge in [-0.15, -0.1) is 11.3 Å². The maximum atomic E-state index is 13.4. The van der Waals surface area contributed by atoms with E-state index in [1.807, 2.05) is 4.57 Å². The Morgan fingerprint density at radius 2 is 1.96 bits per heavy atom. The lowest BCUT2D eigenvalue weighted by Crippen LogP contribution is -2.24. The van der Waals surface area contributed by atoms with Crippen LogP contribution in [0, 0.1) is 11.7 Å². The zero-order chi connectivity index (χ0) is 19.7. The molecule has 2 heterocycles. The van der Waals surface area contributed by atoms with Crippen molar-refractivity contribution in [2.45, 2.75) is 63.4 Å². The van der Waals surface area contributed by atoms with Crippen molar-refractivity contribution in [3.63, 3.8) is 0 Å².